The van der Waals surface area contributed by atoms with Gasteiger partial charge in [-0.1, -0.05) is 58.4 Å². The van der Waals surface area contributed by atoms with E-state index in [1.54, 1.807) is 12.4 Å². The van der Waals surface area contributed by atoms with Crippen molar-refractivity contribution in [2.45, 2.75) is 66.9 Å². The molecule has 9 nitrogen and oxygen atoms in total. The molecule has 1 aliphatic rings. The Morgan fingerprint density at radius 3 is 2.13 bits per heavy atom. The zero-order chi connectivity index (χ0) is 36.7. The Morgan fingerprint density at radius 1 is 0.788 bits per heavy atom. The number of rotatable bonds is 22. The minimum absolute atomic E-state index is 0.0813. The second-order valence-corrected chi connectivity index (χ2v) is 13.7. The van der Waals surface area contributed by atoms with Crippen LogP contribution in [0, 0.1) is 5.92 Å². The highest BCUT2D eigenvalue weighted by atomic mass is 35.5. The first-order valence-corrected chi connectivity index (χ1v) is 19.4. The molecule has 0 fully saturated rings. The fraction of sp³-hybridized carbons (Fsp3) is 0.476. The molecule has 0 radical (unpaired) electrons. The largest absolute Gasteiger partial charge is 0.497 e. The number of benzene rings is 2. The van der Waals surface area contributed by atoms with Crippen LogP contribution in [0.2, 0.25) is 5.02 Å². The number of fused-ring (bicyclic) bond motifs is 1. The van der Waals surface area contributed by atoms with Gasteiger partial charge in [0.1, 0.15) is 35.2 Å². The number of H-pyrrole nitrogens is 1. The average molecular weight is 730 g/mol. The molecule has 1 N–H and O–H groups in total. The number of ether oxygens (including phenoxy) is 4. The molecule has 10 heteroatoms. The molecule has 1 aliphatic carbocycles. The summed E-state index contributed by atoms with van der Waals surface area (Å²) in [6, 6.07) is 15.9. The number of imidazole rings is 1. The highest BCUT2D eigenvalue weighted by Crippen LogP contribution is 2.39. The van der Waals surface area contributed by atoms with Crippen LogP contribution in [0.25, 0.3) is 16.6 Å². The van der Waals surface area contributed by atoms with Gasteiger partial charge >= 0.3 is 0 Å². The van der Waals surface area contributed by atoms with E-state index in [2.05, 4.69) is 54.4 Å². The molecule has 280 valence electrons. The van der Waals surface area contributed by atoms with Gasteiger partial charge in [0.25, 0.3) is 0 Å². The van der Waals surface area contributed by atoms with Gasteiger partial charge in [-0.15, -0.1) is 0 Å². The first-order valence-electron chi connectivity index (χ1n) is 19.0. The third kappa shape index (κ3) is 11.2. The minimum atomic E-state index is 0.0813. The quantitative estimate of drug-likeness (QED) is 0.0803. The summed E-state index contributed by atoms with van der Waals surface area (Å²) in [6.45, 7) is 19.3. The van der Waals surface area contributed by atoms with Crippen LogP contribution in [0.4, 0.5) is 0 Å². The fourth-order valence-corrected chi connectivity index (χ4v) is 6.63. The number of halogens is 1. The zero-order valence-corrected chi connectivity index (χ0v) is 32.4. The van der Waals surface area contributed by atoms with Crippen LogP contribution in [-0.4, -0.2) is 83.8 Å². The summed E-state index contributed by atoms with van der Waals surface area (Å²) in [5.41, 5.74) is 4.88. The van der Waals surface area contributed by atoms with Crippen molar-refractivity contribution in [3.8, 4) is 11.5 Å². The van der Waals surface area contributed by atoms with Gasteiger partial charge in [-0.2, -0.15) is 0 Å². The molecule has 2 aromatic heterocycles. The molecular weight excluding hydrogens is 674 g/mol. The van der Waals surface area contributed by atoms with Gasteiger partial charge in [0.2, 0.25) is 0 Å². The fourth-order valence-electron chi connectivity index (χ4n) is 6.50. The summed E-state index contributed by atoms with van der Waals surface area (Å²) in [6.07, 6.45) is 8.98. The molecule has 5 rings (SSSR count). The molecule has 0 saturated heterocycles. The lowest BCUT2D eigenvalue weighted by molar-refractivity contribution is 0.179. The topological polar surface area (TPSA) is 85.0 Å². The van der Waals surface area contributed by atoms with Crippen molar-refractivity contribution in [2.24, 2.45) is 5.92 Å². The van der Waals surface area contributed by atoms with Crippen LogP contribution in [0.3, 0.4) is 0 Å². The van der Waals surface area contributed by atoms with Gasteiger partial charge in [0.15, 0.2) is 5.75 Å². The molecule has 0 bridgehead atoms. The third-order valence-electron chi connectivity index (χ3n) is 9.63. The van der Waals surface area contributed by atoms with E-state index in [1.807, 2.05) is 54.6 Å². The van der Waals surface area contributed by atoms with Crippen molar-refractivity contribution in [3.63, 3.8) is 0 Å². The number of allylic oxidation sites excluding steroid dienone is 3. The van der Waals surface area contributed by atoms with E-state index in [0.29, 0.717) is 26.4 Å². The summed E-state index contributed by atoms with van der Waals surface area (Å²) in [5.74, 6) is 3.97. The predicted molar refractivity (Wildman–Crippen MR) is 211 cm³/mol. The Hall–Kier alpha value is -4.05. The van der Waals surface area contributed by atoms with Gasteiger partial charge in [-0.3, -0.25) is 4.98 Å². The number of pyridine rings is 1. The van der Waals surface area contributed by atoms with E-state index in [-0.39, 0.29) is 5.92 Å². The first kappa shape index (κ1) is 39.2. The van der Waals surface area contributed by atoms with Crippen molar-refractivity contribution < 1.29 is 18.9 Å². The van der Waals surface area contributed by atoms with E-state index in [0.717, 1.165) is 121 Å². The molecule has 0 saturated carbocycles. The van der Waals surface area contributed by atoms with Gasteiger partial charge in [-0.05, 0) is 80.3 Å². The van der Waals surface area contributed by atoms with Crippen LogP contribution in [0.1, 0.15) is 70.8 Å². The summed E-state index contributed by atoms with van der Waals surface area (Å²) < 4.78 is 25.7. The van der Waals surface area contributed by atoms with E-state index >= 15 is 0 Å². The van der Waals surface area contributed by atoms with E-state index in [1.165, 1.54) is 5.56 Å². The number of nitrogens with zero attached hydrogens (tertiary/aromatic N) is 4. The van der Waals surface area contributed by atoms with Crippen LogP contribution in [0.15, 0.2) is 78.5 Å². The van der Waals surface area contributed by atoms with Crippen molar-refractivity contribution >= 4 is 28.2 Å². The Bertz CT molecular complexity index is 1730. The Kier molecular flexibility index (Phi) is 15.3. The number of nitrogens with one attached hydrogen (secondary N) is 1. The molecule has 0 amide bonds. The monoisotopic (exact) mass is 729 g/mol. The molecule has 1 unspecified atom stereocenters. The highest BCUT2D eigenvalue weighted by Gasteiger charge is 2.27. The third-order valence-corrected chi connectivity index (χ3v) is 9.88. The average Bonchev–Trinajstić information content (AvgIpc) is 3.59. The molecule has 52 heavy (non-hydrogen) atoms. The lowest BCUT2D eigenvalue weighted by atomic mass is 9.90. The first-order chi connectivity index (χ1) is 25.4. The molecular formula is C42H56ClN5O4. The van der Waals surface area contributed by atoms with Crippen molar-refractivity contribution in [1.29, 1.82) is 0 Å². The Morgan fingerprint density at radius 2 is 1.46 bits per heavy atom. The lowest BCUT2D eigenvalue weighted by Gasteiger charge is -2.25. The highest BCUT2D eigenvalue weighted by molar-refractivity contribution is 6.30. The van der Waals surface area contributed by atoms with Gasteiger partial charge in [0, 0.05) is 67.1 Å². The van der Waals surface area contributed by atoms with Crippen molar-refractivity contribution in [1.82, 2.24) is 24.8 Å². The van der Waals surface area contributed by atoms with Crippen molar-refractivity contribution in [2.75, 3.05) is 59.1 Å². The second-order valence-electron chi connectivity index (χ2n) is 13.2. The summed E-state index contributed by atoms with van der Waals surface area (Å²) in [5, 5.41) is 0.733. The number of hydrogen-bond acceptors (Lipinski definition) is 8. The Balaban J connectivity index is 1.42. The SMILES string of the molecule is CCN(CC)CCCOc1cc(OCCCN(CC)CC)c2nc(C3=C(OCc4ccncc4)C=C(OCCc4ccc(Cl)cc4)CC3C)[nH]c2c1. The van der Waals surface area contributed by atoms with E-state index in [9.17, 15) is 0 Å². The standard InChI is InChI=1S/C42H56ClN5O4/c1-6-47(7-2)21-10-23-49-36-27-37-41(39(29-36)51-24-11-22-48(8-3)9-4)46-42(45-37)40-31(5)26-35(50-25-18-32-12-14-34(43)15-13-32)28-38(40)52-30-33-16-19-44-20-17-33/h12-17,19-20,27-29,31H,6-11,18,21-26,30H2,1-5H3,(H,45,46). The number of aromatic nitrogens is 3. The van der Waals surface area contributed by atoms with Gasteiger partial charge < -0.3 is 33.7 Å². The van der Waals surface area contributed by atoms with Crippen molar-refractivity contribution in [3.05, 3.63) is 100 Å². The summed E-state index contributed by atoms with van der Waals surface area (Å²) >= 11 is 6.09. The zero-order valence-electron chi connectivity index (χ0n) is 31.6. The maximum Gasteiger partial charge on any atom is 0.150 e. The van der Waals surface area contributed by atoms with Crippen LogP contribution >= 0.6 is 11.6 Å². The van der Waals surface area contributed by atoms with E-state index in [4.69, 9.17) is 35.5 Å². The second kappa shape index (κ2) is 20.3. The lowest BCUT2D eigenvalue weighted by Crippen LogP contribution is -2.25. The molecule has 2 heterocycles. The van der Waals surface area contributed by atoms with Gasteiger partial charge in [-0.25, -0.2) is 4.98 Å². The van der Waals surface area contributed by atoms with E-state index < -0.39 is 0 Å². The minimum Gasteiger partial charge on any atom is -0.497 e. The Labute approximate surface area is 315 Å². The normalized spacial score (nSPS) is 14.7. The molecule has 0 spiro atoms. The molecule has 4 aromatic rings. The summed E-state index contributed by atoms with van der Waals surface area (Å²) in [7, 11) is 0. The number of aromatic amines is 1. The molecule has 1 atom stereocenters. The maximum absolute atomic E-state index is 6.55. The van der Waals surface area contributed by atoms with Gasteiger partial charge in [0.05, 0.1) is 25.3 Å². The molecule has 0 aliphatic heterocycles. The maximum atomic E-state index is 6.55. The van der Waals surface area contributed by atoms with Crippen LogP contribution in [0.5, 0.6) is 11.5 Å². The van der Waals surface area contributed by atoms with Crippen LogP contribution in [-0.2, 0) is 22.5 Å². The smallest absolute Gasteiger partial charge is 0.150 e. The van der Waals surface area contributed by atoms with Crippen LogP contribution < -0.4 is 9.47 Å². The summed E-state index contributed by atoms with van der Waals surface area (Å²) in [4.78, 5) is 17.8. The number of hydrogen-bond donors (Lipinski definition) is 1. The molecule has 2 aromatic carbocycles. The predicted octanol–water partition coefficient (Wildman–Crippen LogP) is 8.94.